The third-order valence-electron chi connectivity index (χ3n) is 4.09. The number of nitrogens with zero attached hydrogens (tertiary/aromatic N) is 2. The Kier molecular flexibility index (Phi) is 4.87. The molecule has 0 spiro atoms. The Morgan fingerprint density at radius 1 is 1.07 bits per heavy atom. The number of rotatable bonds is 5. The fraction of sp³-hybridized carbons (Fsp3) is 0.100. The Hall–Kier alpha value is -2.77. The second kappa shape index (κ2) is 7.46. The van der Waals surface area contributed by atoms with Crippen molar-refractivity contribution in [2.24, 2.45) is 0 Å². The van der Waals surface area contributed by atoms with Crippen molar-refractivity contribution in [3.05, 3.63) is 60.9 Å². The van der Waals surface area contributed by atoms with Crippen LogP contribution < -0.4 is 10.1 Å². The lowest BCUT2D eigenvalue weighted by Crippen LogP contribution is -1.92. The number of aromatic nitrogens is 2. The number of pyridine rings is 1. The molecule has 1 unspecified atom stereocenters. The van der Waals surface area contributed by atoms with Crippen molar-refractivity contribution >= 4 is 43.2 Å². The van der Waals surface area contributed by atoms with Gasteiger partial charge in [0.05, 0.1) is 23.5 Å². The molecule has 1 N–H and O–H groups in total. The van der Waals surface area contributed by atoms with E-state index in [9.17, 15) is 4.21 Å². The highest BCUT2D eigenvalue weighted by atomic mass is 32.2. The van der Waals surface area contributed by atoms with Gasteiger partial charge in [-0.2, -0.15) is 0 Å². The Labute approximate surface area is 163 Å². The SMILES string of the molecule is COc1cncc(-c2ccc3nc(Nc4cccc(S(C)=O)c4)sc3c2)c1. The van der Waals surface area contributed by atoms with Crippen LogP contribution in [0.1, 0.15) is 0 Å². The summed E-state index contributed by atoms with van der Waals surface area (Å²) < 4.78 is 18.0. The van der Waals surface area contributed by atoms with E-state index in [1.54, 1.807) is 30.9 Å². The lowest BCUT2D eigenvalue weighted by atomic mass is 10.1. The third-order valence-corrected chi connectivity index (χ3v) is 5.94. The highest BCUT2D eigenvalue weighted by Gasteiger charge is 2.08. The normalized spacial score (nSPS) is 12.1. The number of hydrogen-bond acceptors (Lipinski definition) is 6. The van der Waals surface area contributed by atoms with Gasteiger partial charge in [0, 0.05) is 39.4 Å². The highest BCUT2D eigenvalue weighted by molar-refractivity contribution is 7.84. The summed E-state index contributed by atoms with van der Waals surface area (Å²) in [4.78, 5) is 9.65. The average molecular weight is 396 g/mol. The quantitative estimate of drug-likeness (QED) is 0.523. The Morgan fingerprint density at radius 2 is 1.96 bits per heavy atom. The molecule has 0 bridgehead atoms. The number of benzene rings is 2. The average Bonchev–Trinajstić information content (AvgIpc) is 3.09. The molecular formula is C20H17N3O2S2. The van der Waals surface area contributed by atoms with E-state index in [0.29, 0.717) is 0 Å². The third kappa shape index (κ3) is 3.84. The summed E-state index contributed by atoms with van der Waals surface area (Å²) in [6, 6.07) is 15.7. The molecule has 2 aromatic heterocycles. The number of ether oxygens (including phenoxy) is 1. The first-order valence-corrected chi connectivity index (χ1v) is 10.6. The van der Waals surface area contributed by atoms with Crippen LogP contribution in [0, 0.1) is 0 Å². The van der Waals surface area contributed by atoms with E-state index in [-0.39, 0.29) is 0 Å². The van der Waals surface area contributed by atoms with E-state index < -0.39 is 10.8 Å². The zero-order chi connectivity index (χ0) is 18.8. The predicted octanol–water partition coefficient (Wildman–Crippen LogP) is 4.85. The molecule has 0 radical (unpaired) electrons. The molecule has 0 aliphatic carbocycles. The summed E-state index contributed by atoms with van der Waals surface area (Å²) >= 11 is 1.58. The van der Waals surface area contributed by atoms with Crippen molar-refractivity contribution < 1.29 is 8.95 Å². The van der Waals surface area contributed by atoms with Crippen molar-refractivity contribution in [1.29, 1.82) is 0 Å². The number of thiazole rings is 1. The Bertz CT molecular complexity index is 1140. The van der Waals surface area contributed by atoms with Crippen molar-refractivity contribution in [2.75, 3.05) is 18.7 Å². The molecule has 0 aliphatic rings. The summed E-state index contributed by atoms with van der Waals surface area (Å²) in [6.45, 7) is 0. The van der Waals surface area contributed by atoms with E-state index in [0.717, 1.165) is 42.8 Å². The van der Waals surface area contributed by atoms with Crippen LogP contribution in [0.5, 0.6) is 5.75 Å². The van der Waals surface area contributed by atoms with Gasteiger partial charge in [0.1, 0.15) is 5.75 Å². The molecule has 1 atom stereocenters. The molecule has 0 saturated carbocycles. The minimum absolute atomic E-state index is 0.729. The lowest BCUT2D eigenvalue weighted by molar-refractivity contribution is 0.413. The number of methoxy groups -OCH3 is 1. The Balaban J connectivity index is 1.64. The zero-order valence-corrected chi connectivity index (χ0v) is 16.4. The van der Waals surface area contributed by atoms with Gasteiger partial charge in [-0.05, 0) is 42.0 Å². The van der Waals surface area contributed by atoms with E-state index in [1.165, 1.54) is 0 Å². The molecular weight excluding hydrogens is 378 g/mol. The van der Waals surface area contributed by atoms with Gasteiger partial charge < -0.3 is 10.1 Å². The molecule has 136 valence electrons. The van der Waals surface area contributed by atoms with Gasteiger partial charge in [0.25, 0.3) is 0 Å². The largest absolute Gasteiger partial charge is 0.495 e. The molecule has 27 heavy (non-hydrogen) atoms. The second-order valence-corrected chi connectivity index (χ2v) is 8.33. The van der Waals surface area contributed by atoms with E-state index >= 15 is 0 Å². The fourth-order valence-corrected chi connectivity index (χ4v) is 4.21. The molecule has 0 saturated heterocycles. The molecule has 2 aromatic carbocycles. The first kappa shape index (κ1) is 17.6. The van der Waals surface area contributed by atoms with Crippen LogP contribution in [0.25, 0.3) is 21.3 Å². The van der Waals surface area contributed by atoms with Crippen LogP contribution >= 0.6 is 11.3 Å². The van der Waals surface area contributed by atoms with Crippen LogP contribution in [0.3, 0.4) is 0 Å². The topological polar surface area (TPSA) is 64.1 Å². The number of fused-ring (bicyclic) bond motifs is 1. The molecule has 4 aromatic rings. The predicted molar refractivity (Wildman–Crippen MR) is 111 cm³/mol. The van der Waals surface area contributed by atoms with Gasteiger partial charge in [-0.15, -0.1) is 0 Å². The molecule has 0 fully saturated rings. The molecule has 4 rings (SSSR count). The molecule has 7 heteroatoms. The lowest BCUT2D eigenvalue weighted by Gasteiger charge is -2.03. The smallest absolute Gasteiger partial charge is 0.188 e. The van der Waals surface area contributed by atoms with E-state index in [1.807, 2.05) is 48.7 Å². The van der Waals surface area contributed by atoms with E-state index in [4.69, 9.17) is 4.74 Å². The van der Waals surface area contributed by atoms with Crippen LogP contribution in [0.4, 0.5) is 10.8 Å². The molecule has 2 heterocycles. The van der Waals surface area contributed by atoms with Crippen molar-refractivity contribution in [3.63, 3.8) is 0 Å². The van der Waals surface area contributed by atoms with Crippen LogP contribution in [-0.2, 0) is 10.8 Å². The monoisotopic (exact) mass is 395 g/mol. The first-order chi connectivity index (χ1) is 13.1. The van der Waals surface area contributed by atoms with Crippen molar-refractivity contribution in [2.45, 2.75) is 4.90 Å². The highest BCUT2D eigenvalue weighted by Crippen LogP contribution is 2.32. The number of anilines is 2. The maximum atomic E-state index is 11.7. The van der Waals surface area contributed by atoms with Gasteiger partial charge >= 0.3 is 0 Å². The summed E-state index contributed by atoms with van der Waals surface area (Å²) in [5.41, 5.74) is 3.86. The van der Waals surface area contributed by atoms with Gasteiger partial charge in [0.2, 0.25) is 0 Å². The molecule has 0 aliphatic heterocycles. The molecule has 5 nitrogen and oxygen atoms in total. The minimum atomic E-state index is -1.01. The second-order valence-electron chi connectivity index (χ2n) is 5.92. The zero-order valence-electron chi connectivity index (χ0n) is 14.8. The maximum absolute atomic E-state index is 11.7. The van der Waals surface area contributed by atoms with E-state index in [2.05, 4.69) is 21.4 Å². The summed E-state index contributed by atoms with van der Waals surface area (Å²) in [5.74, 6) is 0.729. The molecule has 0 amide bonds. The maximum Gasteiger partial charge on any atom is 0.188 e. The number of nitrogens with one attached hydrogen (secondary N) is 1. The van der Waals surface area contributed by atoms with Gasteiger partial charge in [0.15, 0.2) is 5.13 Å². The summed E-state index contributed by atoms with van der Waals surface area (Å²) in [5, 5.41) is 4.10. The van der Waals surface area contributed by atoms with Crippen LogP contribution in [-0.4, -0.2) is 27.5 Å². The van der Waals surface area contributed by atoms with Crippen molar-refractivity contribution in [1.82, 2.24) is 9.97 Å². The van der Waals surface area contributed by atoms with Crippen molar-refractivity contribution in [3.8, 4) is 16.9 Å². The van der Waals surface area contributed by atoms with Gasteiger partial charge in [-0.3, -0.25) is 9.19 Å². The fourth-order valence-electron chi connectivity index (χ4n) is 2.72. The van der Waals surface area contributed by atoms with Gasteiger partial charge in [-0.25, -0.2) is 4.98 Å². The standard InChI is InChI=1S/C20H17N3O2S2/c1-25-16-8-14(11-21-12-16)13-6-7-18-19(9-13)26-20(23-18)22-15-4-3-5-17(10-15)27(2)24/h3-12H,1-2H3,(H,22,23). The summed E-state index contributed by atoms with van der Waals surface area (Å²) in [6.07, 6.45) is 5.18. The Morgan fingerprint density at radius 3 is 2.78 bits per heavy atom. The summed E-state index contributed by atoms with van der Waals surface area (Å²) in [7, 11) is 0.621. The number of hydrogen-bond donors (Lipinski definition) is 1. The first-order valence-electron chi connectivity index (χ1n) is 8.23. The minimum Gasteiger partial charge on any atom is -0.495 e. The van der Waals surface area contributed by atoms with Crippen LogP contribution in [0.2, 0.25) is 0 Å². The van der Waals surface area contributed by atoms with Crippen LogP contribution in [0.15, 0.2) is 65.8 Å². The van der Waals surface area contributed by atoms with Gasteiger partial charge in [-0.1, -0.05) is 23.5 Å².